The quantitative estimate of drug-likeness (QED) is 0.675. The van der Waals surface area contributed by atoms with E-state index in [2.05, 4.69) is 14.7 Å². The number of sulfonamides is 1. The van der Waals surface area contributed by atoms with Crippen molar-refractivity contribution in [3.63, 3.8) is 0 Å². The number of fused-ring (bicyclic) bond motifs is 1. The highest BCUT2D eigenvalue weighted by Crippen LogP contribution is 2.15. The van der Waals surface area contributed by atoms with Gasteiger partial charge in [0.25, 0.3) is 0 Å². The Hall–Kier alpha value is -2.13. The van der Waals surface area contributed by atoms with Crippen LogP contribution in [-0.2, 0) is 19.6 Å². The van der Waals surface area contributed by atoms with Crippen molar-refractivity contribution in [2.75, 3.05) is 6.61 Å². The Morgan fingerprint density at radius 2 is 2.00 bits per heavy atom. The Labute approximate surface area is 120 Å². The Morgan fingerprint density at radius 1 is 1.33 bits per heavy atom. The monoisotopic (exact) mass is 313 g/mol. The van der Waals surface area contributed by atoms with Gasteiger partial charge in [-0.25, -0.2) is 13.2 Å². The molecule has 1 unspecified atom stereocenters. The molecule has 8 nitrogen and oxygen atoms in total. The fourth-order valence-electron chi connectivity index (χ4n) is 1.79. The minimum absolute atomic E-state index is 0.0543. The van der Waals surface area contributed by atoms with Crippen molar-refractivity contribution < 1.29 is 17.9 Å². The van der Waals surface area contributed by atoms with Gasteiger partial charge >= 0.3 is 11.7 Å². The summed E-state index contributed by atoms with van der Waals surface area (Å²) in [7, 11) is -3.89. The smallest absolute Gasteiger partial charge is 0.323 e. The number of esters is 1. The lowest BCUT2D eigenvalue weighted by Crippen LogP contribution is -2.39. The molecule has 0 amide bonds. The zero-order valence-corrected chi connectivity index (χ0v) is 12.3. The molecule has 1 aromatic heterocycles. The third-order valence-electron chi connectivity index (χ3n) is 2.77. The van der Waals surface area contributed by atoms with Gasteiger partial charge < -0.3 is 14.7 Å². The Bertz CT molecular complexity index is 821. The van der Waals surface area contributed by atoms with E-state index in [1.165, 1.54) is 25.1 Å². The summed E-state index contributed by atoms with van der Waals surface area (Å²) in [4.78, 5) is 27.5. The van der Waals surface area contributed by atoms with Gasteiger partial charge in [-0.15, -0.1) is 0 Å². The molecule has 0 spiro atoms. The number of aromatic nitrogens is 2. The second-order valence-corrected chi connectivity index (χ2v) is 6.10. The normalized spacial score (nSPS) is 13.2. The second kappa shape index (κ2) is 5.70. The zero-order valence-electron chi connectivity index (χ0n) is 11.5. The molecule has 0 saturated carbocycles. The molecule has 1 aromatic carbocycles. The summed E-state index contributed by atoms with van der Waals surface area (Å²) < 4.78 is 31.3. The SMILES string of the molecule is CCOC(=O)C(C)NS(=O)(=O)c1ccc2[nH]c(=O)[nH]c2c1. The molecule has 0 radical (unpaired) electrons. The van der Waals surface area contributed by atoms with E-state index in [1.807, 2.05) is 0 Å². The van der Waals surface area contributed by atoms with Crippen LogP contribution in [0, 0.1) is 0 Å². The molecule has 114 valence electrons. The number of aromatic amines is 2. The first-order valence-electron chi connectivity index (χ1n) is 6.24. The van der Waals surface area contributed by atoms with Gasteiger partial charge in [-0.3, -0.25) is 4.79 Å². The predicted octanol–water partition coefficient (Wildman–Crippen LogP) is 0.0861. The Morgan fingerprint density at radius 3 is 2.67 bits per heavy atom. The third kappa shape index (κ3) is 3.31. The van der Waals surface area contributed by atoms with E-state index in [-0.39, 0.29) is 11.5 Å². The van der Waals surface area contributed by atoms with Crippen LogP contribution in [0.3, 0.4) is 0 Å². The number of H-pyrrole nitrogens is 2. The van der Waals surface area contributed by atoms with Gasteiger partial charge in [0, 0.05) is 0 Å². The van der Waals surface area contributed by atoms with Crippen LogP contribution in [0.1, 0.15) is 13.8 Å². The van der Waals surface area contributed by atoms with E-state index in [9.17, 15) is 18.0 Å². The van der Waals surface area contributed by atoms with Gasteiger partial charge in [0.1, 0.15) is 6.04 Å². The van der Waals surface area contributed by atoms with Gasteiger partial charge in [0.05, 0.1) is 22.5 Å². The van der Waals surface area contributed by atoms with Crippen molar-refractivity contribution >= 4 is 27.0 Å². The van der Waals surface area contributed by atoms with Crippen LogP contribution in [-0.4, -0.2) is 37.0 Å². The van der Waals surface area contributed by atoms with Crippen molar-refractivity contribution in [3.8, 4) is 0 Å². The zero-order chi connectivity index (χ0) is 15.6. The molecular formula is C12H15N3O5S. The Balaban J connectivity index is 2.28. The number of imidazole rings is 1. The van der Waals surface area contributed by atoms with Gasteiger partial charge in [0.2, 0.25) is 10.0 Å². The molecule has 1 heterocycles. The molecule has 9 heteroatoms. The molecular weight excluding hydrogens is 298 g/mol. The lowest BCUT2D eigenvalue weighted by molar-refractivity contribution is -0.144. The van der Waals surface area contributed by atoms with E-state index in [0.29, 0.717) is 11.0 Å². The molecule has 21 heavy (non-hydrogen) atoms. The minimum atomic E-state index is -3.89. The highest BCUT2D eigenvalue weighted by atomic mass is 32.2. The number of carbonyl (C=O) groups is 1. The minimum Gasteiger partial charge on any atom is -0.465 e. The molecule has 0 fully saturated rings. The van der Waals surface area contributed by atoms with Crippen molar-refractivity contribution in [2.45, 2.75) is 24.8 Å². The number of carbonyl (C=O) groups excluding carboxylic acids is 1. The molecule has 3 N–H and O–H groups in total. The maximum atomic E-state index is 12.2. The van der Waals surface area contributed by atoms with E-state index in [1.54, 1.807) is 6.92 Å². The van der Waals surface area contributed by atoms with Gasteiger partial charge in [0.15, 0.2) is 0 Å². The molecule has 2 aromatic rings. The summed E-state index contributed by atoms with van der Waals surface area (Å²) in [6, 6.07) is 3.12. The van der Waals surface area contributed by atoms with Gasteiger partial charge in [-0.05, 0) is 32.0 Å². The fraction of sp³-hybridized carbons (Fsp3) is 0.333. The van der Waals surface area contributed by atoms with E-state index in [4.69, 9.17) is 4.74 Å². The first-order chi connectivity index (χ1) is 9.83. The second-order valence-electron chi connectivity index (χ2n) is 4.38. The van der Waals surface area contributed by atoms with Crippen LogP contribution < -0.4 is 10.4 Å². The lowest BCUT2D eigenvalue weighted by Gasteiger charge is -2.13. The van der Waals surface area contributed by atoms with Crippen LogP contribution in [0.25, 0.3) is 11.0 Å². The van der Waals surface area contributed by atoms with Crippen molar-refractivity contribution in [1.82, 2.24) is 14.7 Å². The number of rotatable bonds is 5. The third-order valence-corrected chi connectivity index (χ3v) is 4.31. The maximum absolute atomic E-state index is 12.2. The van der Waals surface area contributed by atoms with E-state index >= 15 is 0 Å². The molecule has 0 bridgehead atoms. The summed E-state index contributed by atoms with van der Waals surface area (Å²) in [6.45, 7) is 3.20. The molecule has 0 saturated heterocycles. The van der Waals surface area contributed by atoms with Crippen LogP contribution in [0.2, 0.25) is 0 Å². The average Bonchev–Trinajstić information content (AvgIpc) is 2.77. The maximum Gasteiger partial charge on any atom is 0.323 e. The lowest BCUT2D eigenvalue weighted by atomic mass is 10.3. The highest BCUT2D eigenvalue weighted by molar-refractivity contribution is 7.89. The van der Waals surface area contributed by atoms with Crippen molar-refractivity contribution in [2.24, 2.45) is 0 Å². The number of hydrogen-bond donors (Lipinski definition) is 3. The summed E-state index contributed by atoms with van der Waals surface area (Å²) >= 11 is 0. The summed E-state index contributed by atoms with van der Waals surface area (Å²) in [5.41, 5.74) is 0.441. The topological polar surface area (TPSA) is 121 Å². The van der Waals surface area contributed by atoms with Crippen LogP contribution in [0.15, 0.2) is 27.9 Å². The summed E-state index contributed by atoms with van der Waals surface area (Å²) in [5.74, 6) is -0.655. The molecule has 0 aliphatic heterocycles. The highest BCUT2D eigenvalue weighted by Gasteiger charge is 2.23. The molecule has 2 rings (SSSR count). The summed E-state index contributed by atoms with van der Waals surface area (Å²) in [6.07, 6.45) is 0. The molecule has 0 aliphatic rings. The number of benzene rings is 1. The number of nitrogens with one attached hydrogen (secondary N) is 3. The summed E-state index contributed by atoms with van der Waals surface area (Å²) in [5, 5.41) is 0. The average molecular weight is 313 g/mol. The first-order valence-corrected chi connectivity index (χ1v) is 7.73. The number of hydrogen-bond acceptors (Lipinski definition) is 5. The van der Waals surface area contributed by atoms with E-state index < -0.39 is 27.7 Å². The predicted molar refractivity (Wildman–Crippen MR) is 75.3 cm³/mol. The van der Waals surface area contributed by atoms with Crippen LogP contribution in [0.5, 0.6) is 0 Å². The number of ether oxygens (including phenoxy) is 1. The van der Waals surface area contributed by atoms with Crippen LogP contribution in [0.4, 0.5) is 0 Å². The van der Waals surface area contributed by atoms with Crippen molar-refractivity contribution in [1.29, 1.82) is 0 Å². The van der Waals surface area contributed by atoms with Gasteiger partial charge in [-0.1, -0.05) is 0 Å². The van der Waals surface area contributed by atoms with Gasteiger partial charge in [-0.2, -0.15) is 4.72 Å². The van der Waals surface area contributed by atoms with E-state index in [0.717, 1.165) is 0 Å². The van der Waals surface area contributed by atoms with Crippen LogP contribution >= 0.6 is 0 Å². The Kier molecular flexibility index (Phi) is 4.14. The largest absolute Gasteiger partial charge is 0.465 e. The first kappa shape index (κ1) is 15.3. The van der Waals surface area contributed by atoms with Crippen molar-refractivity contribution in [3.05, 3.63) is 28.7 Å². The molecule has 0 aliphatic carbocycles. The standard InChI is InChI=1S/C12H15N3O5S/c1-3-20-11(16)7(2)15-21(18,19)8-4-5-9-10(6-8)14-12(17)13-9/h4-7,15H,3H2,1-2H3,(H2,13,14,17). The fourth-order valence-corrected chi connectivity index (χ4v) is 3.01. The molecule has 1 atom stereocenters.